The van der Waals surface area contributed by atoms with Gasteiger partial charge in [0, 0.05) is 25.5 Å². The number of aromatic nitrogens is 1. The number of aliphatic imine (C=N–C) groups is 1. The van der Waals surface area contributed by atoms with E-state index in [1.54, 1.807) is 6.20 Å². The third-order valence-corrected chi connectivity index (χ3v) is 3.25. The molecule has 1 aliphatic rings. The second kappa shape index (κ2) is 7.56. The van der Waals surface area contributed by atoms with Crippen molar-refractivity contribution in [3.8, 4) is 0 Å². The van der Waals surface area contributed by atoms with E-state index >= 15 is 0 Å². The van der Waals surface area contributed by atoms with Gasteiger partial charge < -0.3 is 10.6 Å². The van der Waals surface area contributed by atoms with Crippen molar-refractivity contribution < 1.29 is 0 Å². The van der Waals surface area contributed by atoms with Gasteiger partial charge in [-0.2, -0.15) is 0 Å². The normalized spacial score (nSPS) is 17.4. The van der Waals surface area contributed by atoms with E-state index < -0.39 is 0 Å². The van der Waals surface area contributed by atoms with Gasteiger partial charge in [0.05, 0.1) is 6.54 Å². The van der Waals surface area contributed by atoms with Crippen LogP contribution >= 0.6 is 24.0 Å². The summed E-state index contributed by atoms with van der Waals surface area (Å²) in [7, 11) is 0. The van der Waals surface area contributed by atoms with Gasteiger partial charge in [0.1, 0.15) is 0 Å². The number of halogens is 1. The summed E-state index contributed by atoms with van der Waals surface area (Å²) in [5, 5.41) is 0. The number of hydrogen-bond acceptors (Lipinski definition) is 2. The van der Waals surface area contributed by atoms with E-state index in [2.05, 4.69) is 21.8 Å². The van der Waals surface area contributed by atoms with E-state index in [-0.39, 0.29) is 24.0 Å². The van der Waals surface area contributed by atoms with Crippen molar-refractivity contribution in [2.75, 3.05) is 13.1 Å². The molecule has 4 nitrogen and oxygen atoms in total. The van der Waals surface area contributed by atoms with E-state index in [1.807, 2.05) is 18.3 Å². The van der Waals surface area contributed by atoms with Crippen molar-refractivity contribution in [1.29, 1.82) is 0 Å². The van der Waals surface area contributed by atoms with Crippen LogP contribution in [-0.4, -0.2) is 28.9 Å². The first-order chi connectivity index (χ1) is 8.25. The standard InChI is InChI=1S/C13H20N4.HI/c1-11-4-7-17(8-5-11)13(14)16-10-12-3-2-6-15-9-12;/h2-3,6,9,11H,4-5,7-8,10H2,1H3,(H2,14,16);1H. The zero-order valence-corrected chi connectivity index (χ0v) is 13.1. The van der Waals surface area contributed by atoms with Crippen LogP contribution in [0.25, 0.3) is 0 Å². The smallest absolute Gasteiger partial charge is 0.191 e. The van der Waals surface area contributed by atoms with Crippen LogP contribution in [0.15, 0.2) is 29.5 Å². The number of rotatable bonds is 2. The minimum Gasteiger partial charge on any atom is -0.370 e. The van der Waals surface area contributed by atoms with Crippen molar-refractivity contribution in [2.24, 2.45) is 16.6 Å². The lowest BCUT2D eigenvalue weighted by Crippen LogP contribution is -2.42. The summed E-state index contributed by atoms with van der Waals surface area (Å²) < 4.78 is 0. The molecular weight excluding hydrogens is 339 g/mol. The second-order valence-electron chi connectivity index (χ2n) is 4.71. The highest BCUT2D eigenvalue weighted by atomic mass is 127. The molecule has 0 bridgehead atoms. The van der Waals surface area contributed by atoms with Gasteiger partial charge in [0.2, 0.25) is 0 Å². The molecule has 1 aliphatic heterocycles. The molecular formula is C13H21IN4. The summed E-state index contributed by atoms with van der Waals surface area (Å²) in [6.45, 7) is 4.97. The fourth-order valence-electron chi connectivity index (χ4n) is 2.00. The van der Waals surface area contributed by atoms with Gasteiger partial charge >= 0.3 is 0 Å². The van der Waals surface area contributed by atoms with Gasteiger partial charge in [-0.25, -0.2) is 4.99 Å². The number of piperidine rings is 1. The molecule has 2 heterocycles. The van der Waals surface area contributed by atoms with E-state index in [0.717, 1.165) is 24.6 Å². The third-order valence-electron chi connectivity index (χ3n) is 3.25. The fourth-order valence-corrected chi connectivity index (χ4v) is 2.00. The van der Waals surface area contributed by atoms with Crippen molar-refractivity contribution in [3.63, 3.8) is 0 Å². The van der Waals surface area contributed by atoms with Crippen LogP contribution < -0.4 is 5.73 Å². The van der Waals surface area contributed by atoms with Gasteiger partial charge in [0.25, 0.3) is 0 Å². The third kappa shape index (κ3) is 4.44. The molecule has 0 atom stereocenters. The van der Waals surface area contributed by atoms with Crippen molar-refractivity contribution in [3.05, 3.63) is 30.1 Å². The van der Waals surface area contributed by atoms with Crippen LogP contribution in [0.4, 0.5) is 0 Å². The number of hydrogen-bond donors (Lipinski definition) is 1. The summed E-state index contributed by atoms with van der Waals surface area (Å²) in [5.74, 6) is 1.48. The van der Waals surface area contributed by atoms with E-state index in [9.17, 15) is 0 Å². The molecule has 0 radical (unpaired) electrons. The molecule has 0 amide bonds. The summed E-state index contributed by atoms with van der Waals surface area (Å²) in [6.07, 6.45) is 6.02. The average Bonchev–Trinajstić information content (AvgIpc) is 2.38. The Bertz CT molecular complexity index is 372. The van der Waals surface area contributed by atoms with Crippen LogP contribution in [0.1, 0.15) is 25.3 Å². The van der Waals surface area contributed by atoms with Gasteiger partial charge in [0.15, 0.2) is 5.96 Å². The van der Waals surface area contributed by atoms with E-state index in [1.165, 1.54) is 12.8 Å². The first-order valence-electron chi connectivity index (χ1n) is 6.19. The van der Waals surface area contributed by atoms with Crippen molar-refractivity contribution >= 4 is 29.9 Å². The summed E-state index contributed by atoms with van der Waals surface area (Å²) in [4.78, 5) is 10.7. The first kappa shape index (κ1) is 15.2. The highest BCUT2D eigenvalue weighted by Gasteiger charge is 2.16. The predicted octanol–water partition coefficient (Wildman–Crippen LogP) is 2.25. The zero-order valence-electron chi connectivity index (χ0n) is 10.7. The lowest BCUT2D eigenvalue weighted by molar-refractivity contribution is 0.277. The number of pyridine rings is 1. The molecule has 0 aliphatic carbocycles. The Balaban J connectivity index is 0.00000162. The predicted molar refractivity (Wildman–Crippen MR) is 84.9 cm³/mol. The SMILES string of the molecule is CC1CCN(C(N)=NCc2cccnc2)CC1.I. The summed E-state index contributed by atoms with van der Waals surface area (Å²) in [6, 6.07) is 3.94. The number of nitrogens with zero attached hydrogens (tertiary/aromatic N) is 3. The monoisotopic (exact) mass is 360 g/mol. The quantitative estimate of drug-likeness (QED) is 0.500. The Morgan fingerprint density at radius 2 is 2.22 bits per heavy atom. The maximum Gasteiger partial charge on any atom is 0.191 e. The molecule has 1 aromatic rings. The molecule has 1 aromatic heterocycles. The Morgan fingerprint density at radius 3 is 2.83 bits per heavy atom. The molecule has 0 saturated carbocycles. The second-order valence-corrected chi connectivity index (χ2v) is 4.71. The molecule has 2 rings (SSSR count). The maximum absolute atomic E-state index is 6.00. The zero-order chi connectivity index (χ0) is 12.1. The molecule has 1 fully saturated rings. The van der Waals surface area contributed by atoms with Crippen LogP contribution in [0.2, 0.25) is 0 Å². The van der Waals surface area contributed by atoms with Crippen LogP contribution in [0, 0.1) is 5.92 Å². The molecule has 18 heavy (non-hydrogen) atoms. The Morgan fingerprint density at radius 1 is 1.50 bits per heavy atom. The molecule has 5 heteroatoms. The lowest BCUT2D eigenvalue weighted by Gasteiger charge is -2.31. The minimum absolute atomic E-state index is 0. The Hall–Kier alpha value is -0.850. The summed E-state index contributed by atoms with van der Waals surface area (Å²) >= 11 is 0. The number of nitrogens with two attached hydrogens (primary N) is 1. The molecule has 0 aromatic carbocycles. The highest BCUT2D eigenvalue weighted by Crippen LogP contribution is 2.15. The van der Waals surface area contributed by atoms with E-state index in [0.29, 0.717) is 12.5 Å². The van der Waals surface area contributed by atoms with Crippen LogP contribution in [-0.2, 0) is 6.54 Å². The maximum atomic E-state index is 6.00. The van der Waals surface area contributed by atoms with Gasteiger partial charge in [-0.1, -0.05) is 13.0 Å². The molecule has 1 saturated heterocycles. The largest absolute Gasteiger partial charge is 0.370 e. The number of likely N-dealkylation sites (tertiary alicyclic amines) is 1. The molecule has 0 spiro atoms. The highest BCUT2D eigenvalue weighted by molar-refractivity contribution is 14.0. The Kier molecular flexibility index (Phi) is 6.38. The van der Waals surface area contributed by atoms with Gasteiger partial charge in [-0.15, -0.1) is 24.0 Å². The Labute approximate surface area is 126 Å². The van der Waals surface area contributed by atoms with Crippen LogP contribution in [0.3, 0.4) is 0 Å². The van der Waals surface area contributed by atoms with Crippen molar-refractivity contribution in [1.82, 2.24) is 9.88 Å². The lowest BCUT2D eigenvalue weighted by atomic mass is 10.00. The average molecular weight is 360 g/mol. The van der Waals surface area contributed by atoms with Crippen LogP contribution in [0.5, 0.6) is 0 Å². The molecule has 0 unspecified atom stereocenters. The first-order valence-corrected chi connectivity index (χ1v) is 6.19. The van der Waals surface area contributed by atoms with E-state index in [4.69, 9.17) is 5.73 Å². The minimum atomic E-state index is 0. The van der Waals surface area contributed by atoms with Gasteiger partial charge in [-0.3, -0.25) is 4.98 Å². The fraction of sp³-hybridized carbons (Fsp3) is 0.538. The molecule has 2 N–H and O–H groups in total. The summed E-state index contributed by atoms with van der Waals surface area (Å²) in [5.41, 5.74) is 7.10. The molecule has 100 valence electrons. The topological polar surface area (TPSA) is 54.5 Å². The van der Waals surface area contributed by atoms with Crippen molar-refractivity contribution in [2.45, 2.75) is 26.3 Å². The number of guanidine groups is 1. The van der Waals surface area contributed by atoms with Gasteiger partial charge in [-0.05, 0) is 30.4 Å².